The van der Waals surface area contributed by atoms with Crippen molar-refractivity contribution in [1.82, 2.24) is 15.0 Å². The van der Waals surface area contributed by atoms with Gasteiger partial charge in [-0.25, -0.2) is 15.0 Å². The molecule has 18 heavy (non-hydrogen) atoms. The third-order valence-corrected chi connectivity index (χ3v) is 4.70. The first-order valence-electron chi connectivity index (χ1n) is 5.43. The van der Waals surface area contributed by atoms with Crippen LogP contribution in [0.25, 0.3) is 0 Å². The molecule has 0 aliphatic carbocycles. The fraction of sp³-hybridized carbons (Fsp3) is 0.250. The monoisotopic (exact) mass is 343 g/mol. The van der Waals surface area contributed by atoms with Crippen LogP contribution < -0.4 is 0 Å². The van der Waals surface area contributed by atoms with Crippen LogP contribution in [0.4, 0.5) is 0 Å². The topological polar surface area (TPSA) is 38.7 Å². The fourth-order valence-corrected chi connectivity index (χ4v) is 2.91. The molecule has 6 heteroatoms. The zero-order valence-electron chi connectivity index (χ0n) is 9.94. The summed E-state index contributed by atoms with van der Waals surface area (Å²) >= 11 is 11.1. The molecule has 0 spiro atoms. The Morgan fingerprint density at radius 1 is 1.33 bits per heavy atom. The van der Waals surface area contributed by atoms with Gasteiger partial charge in [-0.3, -0.25) is 0 Å². The first-order chi connectivity index (χ1) is 8.61. The number of hydrogen-bond donors (Lipinski definition) is 0. The van der Waals surface area contributed by atoms with Crippen molar-refractivity contribution in [1.29, 1.82) is 0 Å². The van der Waals surface area contributed by atoms with Gasteiger partial charge in [-0.05, 0) is 46.7 Å². The van der Waals surface area contributed by atoms with Crippen LogP contribution in [-0.4, -0.2) is 15.0 Å². The van der Waals surface area contributed by atoms with E-state index in [1.165, 1.54) is 11.8 Å². The van der Waals surface area contributed by atoms with E-state index in [-0.39, 0.29) is 0 Å². The highest BCUT2D eigenvalue weighted by Gasteiger charge is 2.12. The van der Waals surface area contributed by atoms with Gasteiger partial charge in [0.05, 0.1) is 4.47 Å². The molecule has 0 amide bonds. The standard InChI is InChI=1S/C12H11BrClN3S/c1-3-9-16-10(14)7(2)11(17-9)18-12-8(13)5-4-6-15-12/h4-6H,3H2,1-2H3. The lowest BCUT2D eigenvalue weighted by Gasteiger charge is -2.08. The normalized spacial score (nSPS) is 10.7. The largest absolute Gasteiger partial charge is 0.248 e. The second-order valence-corrected chi connectivity index (χ2v) is 5.80. The van der Waals surface area contributed by atoms with Crippen LogP contribution in [0.2, 0.25) is 5.15 Å². The molecule has 2 heterocycles. The van der Waals surface area contributed by atoms with Gasteiger partial charge in [0.2, 0.25) is 0 Å². The molecule has 3 nitrogen and oxygen atoms in total. The Hall–Kier alpha value is -0.650. The molecule has 0 N–H and O–H groups in total. The molecule has 0 fully saturated rings. The molecule has 2 aromatic rings. The number of aromatic nitrogens is 3. The predicted molar refractivity (Wildman–Crippen MR) is 77.2 cm³/mol. The average Bonchev–Trinajstić information content (AvgIpc) is 2.37. The zero-order valence-corrected chi connectivity index (χ0v) is 13.1. The summed E-state index contributed by atoms with van der Waals surface area (Å²) in [5, 5.41) is 2.24. The molecular weight excluding hydrogens is 334 g/mol. The number of rotatable bonds is 3. The van der Waals surface area contributed by atoms with E-state index >= 15 is 0 Å². The third kappa shape index (κ3) is 3.02. The highest BCUT2D eigenvalue weighted by Crippen LogP contribution is 2.33. The maximum atomic E-state index is 6.11. The van der Waals surface area contributed by atoms with Crippen molar-refractivity contribution in [3.05, 3.63) is 39.3 Å². The van der Waals surface area contributed by atoms with Gasteiger partial charge in [0.25, 0.3) is 0 Å². The van der Waals surface area contributed by atoms with Gasteiger partial charge in [-0.15, -0.1) is 0 Å². The summed E-state index contributed by atoms with van der Waals surface area (Å²) in [4.78, 5) is 13.0. The van der Waals surface area contributed by atoms with Crippen molar-refractivity contribution < 1.29 is 0 Å². The Kier molecular flexibility index (Phi) is 4.59. The second kappa shape index (κ2) is 5.99. The Balaban J connectivity index is 2.40. The van der Waals surface area contributed by atoms with Crippen LogP contribution in [0.5, 0.6) is 0 Å². The van der Waals surface area contributed by atoms with Crippen LogP contribution in [0.3, 0.4) is 0 Å². The molecule has 94 valence electrons. The lowest BCUT2D eigenvalue weighted by Crippen LogP contribution is -1.98. The zero-order chi connectivity index (χ0) is 13.1. The molecule has 0 aromatic carbocycles. The lowest BCUT2D eigenvalue weighted by atomic mass is 10.3. The molecule has 0 aliphatic rings. The van der Waals surface area contributed by atoms with Gasteiger partial charge in [0.1, 0.15) is 21.0 Å². The highest BCUT2D eigenvalue weighted by atomic mass is 79.9. The van der Waals surface area contributed by atoms with Crippen LogP contribution >= 0.6 is 39.3 Å². The summed E-state index contributed by atoms with van der Waals surface area (Å²) in [6.45, 7) is 3.92. The maximum absolute atomic E-state index is 6.11. The van der Waals surface area contributed by atoms with E-state index in [0.717, 1.165) is 32.3 Å². The Labute approximate surface area is 124 Å². The van der Waals surface area contributed by atoms with E-state index in [1.807, 2.05) is 26.0 Å². The number of hydrogen-bond acceptors (Lipinski definition) is 4. The molecule has 0 aliphatic heterocycles. The van der Waals surface area contributed by atoms with Gasteiger partial charge in [-0.2, -0.15) is 0 Å². The molecule has 2 rings (SSSR count). The highest BCUT2D eigenvalue weighted by molar-refractivity contribution is 9.10. The van der Waals surface area contributed by atoms with Crippen LogP contribution in [0.1, 0.15) is 18.3 Å². The van der Waals surface area contributed by atoms with E-state index in [2.05, 4.69) is 30.9 Å². The first-order valence-corrected chi connectivity index (χ1v) is 7.42. The molecule has 0 atom stereocenters. The van der Waals surface area contributed by atoms with Crippen LogP contribution in [0.15, 0.2) is 32.9 Å². The minimum Gasteiger partial charge on any atom is -0.248 e. The van der Waals surface area contributed by atoms with Gasteiger partial charge < -0.3 is 0 Å². The van der Waals surface area contributed by atoms with E-state index < -0.39 is 0 Å². The van der Waals surface area contributed by atoms with Gasteiger partial charge in [0.15, 0.2) is 0 Å². The number of halogens is 2. The Bertz CT molecular complexity index is 577. The van der Waals surface area contributed by atoms with Gasteiger partial charge in [0, 0.05) is 18.2 Å². The van der Waals surface area contributed by atoms with Crippen molar-refractivity contribution in [2.45, 2.75) is 30.3 Å². The van der Waals surface area contributed by atoms with E-state index in [9.17, 15) is 0 Å². The summed E-state index contributed by atoms with van der Waals surface area (Å²) in [5.74, 6) is 0.750. The van der Waals surface area contributed by atoms with Crippen LogP contribution in [-0.2, 0) is 6.42 Å². The number of aryl methyl sites for hydroxylation is 1. The molecular formula is C12H11BrClN3S. The smallest absolute Gasteiger partial charge is 0.136 e. The summed E-state index contributed by atoms with van der Waals surface area (Å²) in [7, 11) is 0. The molecule has 2 aromatic heterocycles. The average molecular weight is 345 g/mol. The minimum atomic E-state index is 0.511. The fourth-order valence-electron chi connectivity index (χ4n) is 1.31. The predicted octanol–water partition coefficient (Wildman–Crippen LogP) is 4.31. The molecule has 0 saturated carbocycles. The van der Waals surface area contributed by atoms with Crippen molar-refractivity contribution in [2.24, 2.45) is 0 Å². The Morgan fingerprint density at radius 2 is 2.11 bits per heavy atom. The third-order valence-electron chi connectivity index (χ3n) is 2.32. The van der Waals surface area contributed by atoms with Crippen molar-refractivity contribution in [2.75, 3.05) is 0 Å². The van der Waals surface area contributed by atoms with Crippen molar-refractivity contribution >= 4 is 39.3 Å². The molecule has 0 saturated heterocycles. The Morgan fingerprint density at radius 3 is 2.78 bits per heavy atom. The summed E-state index contributed by atoms with van der Waals surface area (Å²) in [6, 6.07) is 3.83. The summed E-state index contributed by atoms with van der Waals surface area (Å²) in [6.07, 6.45) is 2.52. The lowest BCUT2D eigenvalue weighted by molar-refractivity contribution is 0.870. The van der Waals surface area contributed by atoms with Crippen molar-refractivity contribution in [3.8, 4) is 0 Å². The van der Waals surface area contributed by atoms with Crippen molar-refractivity contribution in [3.63, 3.8) is 0 Å². The quantitative estimate of drug-likeness (QED) is 0.778. The SMILES string of the molecule is CCc1nc(Cl)c(C)c(Sc2ncccc2Br)n1. The van der Waals surface area contributed by atoms with E-state index in [0.29, 0.717) is 5.15 Å². The van der Waals surface area contributed by atoms with E-state index in [4.69, 9.17) is 11.6 Å². The molecule has 0 radical (unpaired) electrons. The number of nitrogens with zero attached hydrogens (tertiary/aromatic N) is 3. The van der Waals surface area contributed by atoms with Crippen LogP contribution in [0, 0.1) is 6.92 Å². The van der Waals surface area contributed by atoms with Gasteiger partial charge in [-0.1, -0.05) is 18.5 Å². The second-order valence-electron chi connectivity index (χ2n) is 3.61. The number of pyridine rings is 1. The molecule has 0 bridgehead atoms. The summed E-state index contributed by atoms with van der Waals surface area (Å²) < 4.78 is 0.946. The van der Waals surface area contributed by atoms with Gasteiger partial charge >= 0.3 is 0 Å². The maximum Gasteiger partial charge on any atom is 0.136 e. The first kappa shape index (κ1) is 13.8. The molecule has 0 unspecified atom stereocenters. The summed E-state index contributed by atoms with van der Waals surface area (Å²) in [5.41, 5.74) is 0.886. The van der Waals surface area contributed by atoms with E-state index in [1.54, 1.807) is 6.20 Å². The minimum absolute atomic E-state index is 0.511.